The van der Waals surface area contributed by atoms with E-state index in [1.807, 2.05) is 6.92 Å². The third-order valence-electron chi connectivity index (χ3n) is 8.00. The molecule has 1 aromatic heterocycles. The molecule has 2 fully saturated rings. The molecule has 0 amide bonds. The van der Waals surface area contributed by atoms with Gasteiger partial charge < -0.3 is 14.3 Å². The quantitative estimate of drug-likeness (QED) is 0.716. The fourth-order valence-electron chi connectivity index (χ4n) is 6.25. The summed E-state index contributed by atoms with van der Waals surface area (Å²) in [6.07, 6.45) is 8.70. The lowest BCUT2D eigenvalue weighted by Crippen LogP contribution is -2.50. The third kappa shape index (κ3) is 2.83. The highest BCUT2D eigenvalue weighted by Crippen LogP contribution is 2.61. The number of methoxy groups -OCH3 is 1. The highest BCUT2D eigenvalue weighted by Gasteiger charge is 2.53. The summed E-state index contributed by atoms with van der Waals surface area (Å²) in [6.45, 7) is 9.20. The number of ether oxygens (including phenoxy) is 1. The molecule has 1 heterocycles. The number of rotatable bonds is 3. The molecular weight excluding hydrogens is 338 g/mol. The van der Waals surface area contributed by atoms with Crippen molar-refractivity contribution in [1.82, 2.24) is 4.98 Å². The average molecular weight is 372 g/mol. The predicted octanol–water partition coefficient (Wildman–Crippen LogP) is 6.03. The normalized spacial score (nSPS) is 33.8. The van der Waals surface area contributed by atoms with Crippen molar-refractivity contribution in [3.63, 3.8) is 0 Å². The number of hydrogen-bond donors (Lipinski definition) is 1. The summed E-state index contributed by atoms with van der Waals surface area (Å²) in [7, 11) is 1.60. The molecule has 2 aliphatic carbocycles. The van der Waals surface area contributed by atoms with Gasteiger partial charge in [-0.25, -0.2) is 4.98 Å². The maximum Gasteiger partial charge on any atom is 0.192 e. The van der Waals surface area contributed by atoms with Gasteiger partial charge in [-0.1, -0.05) is 33.6 Å². The van der Waals surface area contributed by atoms with Crippen LogP contribution in [0, 0.1) is 29.6 Å². The predicted molar refractivity (Wildman–Crippen MR) is 107 cm³/mol. The highest BCUT2D eigenvalue weighted by molar-refractivity contribution is 5.82. The lowest BCUT2D eigenvalue weighted by atomic mass is 9.47. The lowest BCUT2D eigenvalue weighted by molar-refractivity contribution is -0.0765. The van der Waals surface area contributed by atoms with Crippen molar-refractivity contribution in [1.29, 1.82) is 0 Å². The molecule has 0 bridgehead atoms. The van der Waals surface area contributed by atoms with Crippen LogP contribution in [0.5, 0.6) is 11.5 Å². The molecule has 2 aliphatic rings. The number of fused-ring (bicyclic) bond motifs is 2. The maximum atomic E-state index is 11.0. The summed E-state index contributed by atoms with van der Waals surface area (Å²) in [5, 5.41) is 11.0. The second-order valence-electron chi connectivity index (χ2n) is 9.56. The van der Waals surface area contributed by atoms with Gasteiger partial charge in [-0.15, -0.1) is 0 Å². The molecule has 0 spiro atoms. The van der Waals surface area contributed by atoms with E-state index in [1.165, 1.54) is 38.5 Å². The lowest BCUT2D eigenvalue weighted by Gasteiger charge is -2.58. The fraction of sp³-hybridized carbons (Fsp3) is 0.696. The first-order valence-corrected chi connectivity index (χ1v) is 10.4. The minimum Gasteiger partial charge on any atom is -0.504 e. The molecule has 4 rings (SSSR count). The molecule has 2 saturated carbocycles. The Labute approximate surface area is 162 Å². The van der Waals surface area contributed by atoms with Gasteiger partial charge in [-0.3, -0.25) is 0 Å². The van der Waals surface area contributed by atoms with E-state index in [0.717, 1.165) is 23.1 Å². The van der Waals surface area contributed by atoms with Crippen LogP contribution < -0.4 is 4.74 Å². The van der Waals surface area contributed by atoms with Crippen molar-refractivity contribution in [2.24, 2.45) is 22.7 Å². The van der Waals surface area contributed by atoms with Crippen molar-refractivity contribution in [2.75, 3.05) is 7.11 Å². The van der Waals surface area contributed by atoms with Crippen LogP contribution in [-0.4, -0.2) is 17.2 Å². The Hall–Kier alpha value is -1.71. The minimum absolute atomic E-state index is 0.130. The van der Waals surface area contributed by atoms with Gasteiger partial charge in [0.2, 0.25) is 0 Å². The standard InChI is InChI=1S/C23H33NO3/c1-14-9-11-22(3)10-7-6-8-19(22)23(14,4)13-16-20(25)18(26-5)12-17-21(16)27-15(2)24-17/h12,14,19,25H,6-11,13H2,1-5H3. The molecule has 4 heteroatoms. The molecule has 4 atom stereocenters. The molecule has 1 N–H and O–H groups in total. The number of phenols is 1. The minimum atomic E-state index is 0.130. The third-order valence-corrected chi connectivity index (χ3v) is 8.00. The van der Waals surface area contributed by atoms with Crippen LogP contribution in [0.25, 0.3) is 11.1 Å². The summed E-state index contributed by atoms with van der Waals surface area (Å²) < 4.78 is 11.4. The zero-order chi connectivity index (χ0) is 19.4. The summed E-state index contributed by atoms with van der Waals surface area (Å²) in [5.74, 6) is 2.62. The summed E-state index contributed by atoms with van der Waals surface area (Å²) in [5.41, 5.74) is 2.92. The molecule has 4 unspecified atom stereocenters. The van der Waals surface area contributed by atoms with Gasteiger partial charge >= 0.3 is 0 Å². The maximum absolute atomic E-state index is 11.0. The topological polar surface area (TPSA) is 55.5 Å². The van der Waals surface area contributed by atoms with E-state index in [1.54, 1.807) is 13.2 Å². The Balaban J connectivity index is 1.83. The molecule has 2 aromatic rings. The molecule has 0 saturated heterocycles. The van der Waals surface area contributed by atoms with Crippen LogP contribution in [0.15, 0.2) is 10.5 Å². The Morgan fingerprint density at radius 2 is 2.04 bits per heavy atom. The Morgan fingerprint density at radius 1 is 1.26 bits per heavy atom. The van der Waals surface area contributed by atoms with Crippen molar-refractivity contribution in [3.05, 3.63) is 17.5 Å². The first-order chi connectivity index (χ1) is 12.8. The summed E-state index contributed by atoms with van der Waals surface area (Å²) in [6, 6.07) is 1.78. The van der Waals surface area contributed by atoms with Gasteiger partial charge in [0.25, 0.3) is 0 Å². The van der Waals surface area contributed by atoms with Crippen LogP contribution >= 0.6 is 0 Å². The van der Waals surface area contributed by atoms with Gasteiger partial charge in [0.05, 0.1) is 7.11 Å². The molecule has 0 aliphatic heterocycles. The van der Waals surface area contributed by atoms with Crippen molar-refractivity contribution in [3.8, 4) is 11.5 Å². The van der Waals surface area contributed by atoms with E-state index in [9.17, 15) is 5.11 Å². The van der Waals surface area contributed by atoms with E-state index in [-0.39, 0.29) is 11.2 Å². The Bertz CT molecular complexity index is 857. The van der Waals surface area contributed by atoms with E-state index in [0.29, 0.717) is 28.9 Å². The number of benzene rings is 1. The highest BCUT2D eigenvalue weighted by atomic mass is 16.5. The molecule has 148 valence electrons. The monoisotopic (exact) mass is 371 g/mol. The first-order valence-electron chi connectivity index (χ1n) is 10.4. The number of hydrogen-bond acceptors (Lipinski definition) is 4. The SMILES string of the molecule is COc1cc2nc(C)oc2c(CC2(C)C(C)CCC3(C)CCCCC32)c1O. The molecular formula is C23H33NO3. The van der Waals surface area contributed by atoms with E-state index in [2.05, 4.69) is 25.8 Å². The second kappa shape index (κ2) is 6.42. The van der Waals surface area contributed by atoms with E-state index >= 15 is 0 Å². The van der Waals surface area contributed by atoms with Gasteiger partial charge in [0.1, 0.15) is 5.52 Å². The molecule has 0 radical (unpaired) electrons. The van der Waals surface area contributed by atoms with Crippen LogP contribution in [0.2, 0.25) is 0 Å². The fourth-order valence-corrected chi connectivity index (χ4v) is 6.25. The number of nitrogens with zero attached hydrogens (tertiary/aromatic N) is 1. The van der Waals surface area contributed by atoms with Gasteiger partial charge in [0.15, 0.2) is 23.0 Å². The van der Waals surface area contributed by atoms with E-state index in [4.69, 9.17) is 9.15 Å². The van der Waals surface area contributed by atoms with Crippen LogP contribution in [0.3, 0.4) is 0 Å². The molecule has 1 aromatic carbocycles. The molecule has 4 nitrogen and oxygen atoms in total. The number of aryl methyl sites for hydroxylation is 1. The average Bonchev–Trinajstić information content (AvgIpc) is 3.01. The van der Waals surface area contributed by atoms with Crippen LogP contribution in [0.1, 0.15) is 70.8 Å². The largest absolute Gasteiger partial charge is 0.504 e. The van der Waals surface area contributed by atoms with Crippen LogP contribution in [-0.2, 0) is 6.42 Å². The van der Waals surface area contributed by atoms with Gasteiger partial charge in [-0.05, 0) is 54.8 Å². The zero-order valence-corrected chi connectivity index (χ0v) is 17.4. The van der Waals surface area contributed by atoms with Crippen LogP contribution in [0.4, 0.5) is 0 Å². The number of phenolic OH excluding ortho intramolecular Hbond substituents is 1. The zero-order valence-electron chi connectivity index (χ0n) is 17.4. The second-order valence-corrected chi connectivity index (χ2v) is 9.56. The van der Waals surface area contributed by atoms with Gasteiger partial charge in [-0.2, -0.15) is 0 Å². The Morgan fingerprint density at radius 3 is 2.78 bits per heavy atom. The number of aromatic hydroxyl groups is 1. The van der Waals surface area contributed by atoms with Crippen molar-refractivity contribution >= 4 is 11.1 Å². The van der Waals surface area contributed by atoms with E-state index < -0.39 is 0 Å². The molecule has 27 heavy (non-hydrogen) atoms. The summed E-state index contributed by atoms with van der Waals surface area (Å²) >= 11 is 0. The number of aromatic nitrogens is 1. The van der Waals surface area contributed by atoms with Gasteiger partial charge in [0, 0.05) is 18.6 Å². The summed E-state index contributed by atoms with van der Waals surface area (Å²) in [4.78, 5) is 4.50. The number of oxazole rings is 1. The smallest absolute Gasteiger partial charge is 0.192 e. The first kappa shape index (κ1) is 18.6. The van der Waals surface area contributed by atoms with Crippen molar-refractivity contribution in [2.45, 2.75) is 72.6 Å². The Kier molecular flexibility index (Phi) is 4.44. The van der Waals surface area contributed by atoms with Crippen molar-refractivity contribution < 1.29 is 14.3 Å².